The lowest BCUT2D eigenvalue weighted by molar-refractivity contribution is -0.231. The van der Waals surface area contributed by atoms with Crippen LogP contribution >= 0.6 is 19.3 Å². The van der Waals surface area contributed by atoms with E-state index in [9.17, 15) is 25.0 Å². The lowest BCUT2D eigenvalue weighted by atomic mass is 9.90. The van der Waals surface area contributed by atoms with Crippen LogP contribution in [0.15, 0.2) is 42.5 Å². The van der Waals surface area contributed by atoms with Crippen molar-refractivity contribution in [3.05, 3.63) is 64.2 Å². The fourth-order valence-corrected chi connectivity index (χ4v) is 5.24. The van der Waals surface area contributed by atoms with E-state index < -0.39 is 44.9 Å². The topological polar surface area (TPSA) is 147 Å². The number of ether oxygens (including phenoxy) is 2. The van der Waals surface area contributed by atoms with Crippen molar-refractivity contribution in [2.45, 2.75) is 56.2 Å². The zero-order valence-corrected chi connectivity index (χ0v) is 23.2. The van der Waals surface area contributed by atoms with E-state index in [1.165, 1.54) is 14.2 Å². The molecule has 1 saturated heterocycles. The first-order chi connectivity index (χ1) is 18.2. The van der Waals surface area contributed by atoms with E-state index in [2.05, 4.69) is 5.09 Å². The van der Waals surface area contributed by atoms with E-state index in [0.717, 1.165) is 36.1 Å². The van der Waals surface area contributed by atoms with Gasteiger partial charge in [0.15, 0.2) is 0 Å². The van der Waals surface area contributed by atoms with Gasteiger partial charge in [-0.1, -0.05) is 35.9 Å². The van der Waals surface area contributed by atoms with E-state index in [-0.39, 0.29) is 0 Å². The lowest BCUT2D eigenvalue weighted by Crippen LogP contribution is -2.55. The highest BCUT2D eigenvalue weighted by Gasteiger charge is 2.44. The van der Waals surface area contributed by atoms with Gasteiger partial charge in [-0.25, -0.2) is 9.65 Å². The molecule has 38 heavy (non-hydrogen) atoms. The average Bonchev–Trinajstić information content (AvgIpc) is 2.93. The van der Waals surface area contributed by atoms with Gasteiger partial charge in [0.25, 0.3) is 0 Å². The predicted octanol–water partition coefficient (Wildman–Crippen LogP) is 2.99. The molecular formula is C26H37ClNO9P. The molecule has 0 bridgehead atoms. The van der Waals surface area contributed by atoms with Crippen LogP contribution in [0.3, 0.4) is 0 Å². The maximum Gasteiger partial charge on any atom is 0.404 e. The van der Waals surface area contributed by atoms with Gasteiger partial charge in [-0.05, 0) is 60.6 Å². The first-order valence-corrected chi connectivity index (χ1v) is 14.4. The summed E-state index contributed by atoms with van der Waals surface area (Å²) in [4.78, 5) is 0. The summed E-state index contributed by atoms with van der Waals surface area (Å²) >= 11 is 6.43. The van der Waals surface area contributed by atoms with Gasteiger partial charge in [0.1, 0.15) is 36.3 Å². The molecule has 0 unspecified atom stereocenters. The smallest absolute Gasteiger partial charge is 0.404 e. The molecule has 5 atom stereocenters. The molecule has 0 amide bonds. The van der Waals surface area contributed by atoms with E-state index in [4.69, 9.17) is 30.1 Å². The van der Waals surface area contributed by atoms with Gasteiger partial charge in [0.2, 0.25) is 0 Å². The average molecular weight is 574 g/mol. The Labute approximate surface area is 228 Å². The number of rotatable bonds is 14. The zero-order chi connectivity index (χ0) is 27.7. The van der Waals surface area contributed by atoms with Crippen LogP contribution in [0.25, 0.3) is 0 Å². The fourth-order valence-electron chi connectivity index (χ4n) is 4.22. The third-order valence-corrected chi connectivity index (χ3v) is 8.43. The number of nitrogens with one attached hydrogen (secondary N) is 1. The Balaban J connectivity index is 1.50. The summed E-state index contributed by atoms with van der Waals surface area (Å²) in [6, 6.07) is 12.9. The molecule has 2 aromatic rings. The van der Waals surface area contributed by atoms with Crippen LogP contribution in [0.5, 0.6) is 5.75 Å². The monoisotopic (exact) mass is 573 g/mol. The number of aliphatic hydroxyl groups excluding tert-OH is 4. The van der Waals surface area contributed by atoms with Gasteiger partial charge >= 0.3 is 7.75 Å². The number of halogens is 1. The molecule has 3 rings (SSSR count). The lowest BCUT2D eigenvalue weighted by Gasteiger charge is -2.40. The molecule has 1 aliphatic rings. The second-order valence-electron chi connectivity index (χ2n) is 9.10. The van der Waals surface area contributed by atoms with Crippen molar-refractivity contribution >= 4 is 19.3 Å². The van der Waals surface area contributed by atoms with Gasteiger partial charge in [0.05, 0.1) is 13.2 Å². The molecule has 0 aromatic heterocycles. The van der Waals surface area contributed by atoms with Crippen molar-refractivity contribution in [1.82, 2.24) is 5.09 Å². The molecule has 12 heteroatoms. The third-order valence-electron chi connectivity index (χ3n) is 6.48. The Kier molecular flexibility index (Phi) is 12.0. The van der Waals surface area contributed by atoms with Gasteiger partial charge in [-0.2, -0.15) is 0 Å². The second-order valence-corrected chi connectivity index (χ2v) is 11.5. The van der Waals surface area contributed by atoms with Crippen LogP contribution in [0.4, 0.5) is 0 Å². The van der Waals surface area contributed by atoms with E-state index in [1.54, 1.807) is 18.2 Å². The minimum atomic E-state index is -3.17. The maximum absolute atomic E-state index is 11.9. The number of unbranched alkanes of at least 4 members (excludes halogenated alkanes) is 2. The van der Waals surface area contributed by atoms with Crippen molar-refractivity contribution in [3.63, 3.8) is 0 Å². The first kappa shape index (κ1) is 31.0. The first-order valence-electron chi connectivity index (χ1n) is 12.5. The van der Waals surface area contributed by atoms with Crippen LogP contribution in [-0.4, -0.2) is 78.8 Å². The number of aliphatic hydroxyl groups is 4. The Bertz CT molecular complexity index is 1050. The Hall–Kier alpha value is -1.56. The summed E-state index contributed by atoms with van der Waals surface area (Å²) in [6.07, 6.45) is -3.05. The largest absolute Gasteiger partial charge is 0.494 e. The van der Waals surface area contributed by atoms with Crippen molar-refractivity contribution in [2.24, 2.45) is 0 Å². The van der Waals surface area contributed by atoms with Gasteiger partial charge in [0, 0.05) is 25.8 Å². The Morgan fingerprint density at radius 2 is 1.68 bits per heavy atom. The summed E-state index contributed by atoms with van der Waals surface area (Å²) in [5.41, 5.74) is 2.38. The minimum Gasteiger partial charge on any atom is -0.494 e. The highest BCUT2D eigenvalue weighted by atomic mass is 35.5. The molecule has 0 aliphatic carbocycles. The summed E-state index contributed by atoms with van der Waals surface area (Å²) in [6.45, 7) is 0.589. The van der Waals surface area contributed by atoms with Crippen LogP contribution < -0.4 is 9.82 Å². The summed E-state index contributed by atoms with van der Waals surface area (Å²) in [7, 11) is -0.496. The fraction of sp³-hybridized carbons (Fsp3) is 0.538. The highest BCUT2D eigenvalue weighted by Crippen LogP contribution is 2.41. The molecule has 212 valence electrons. The number of benzene rings is 2. The van der Waals surface area contributed by atoms with Gasteiger partial charge in [-0.15, -0.1) is 0 Å². The minimum absolute atomic E-state index is 0.487. The van der Waals surface area contributed by atoms with E-state index >= 15 is 0 Å². The zero-order valence-electron chi connectivity index (χ0n) is 21.5. The Morgan fingerprint density at radius 3 is 2.34 bits per heavy atom. The number of hydrogen-bond acceptors (Lipinski definition) is 9. The Morgan fingerprint density at radius 1 is 0.974 bits per heavy atom. The predicted molar refractivity (Wildman–Crippen MR) is 142 cm³/mol. The summed E-state index contributed by atoms with van der Waals surface area (Å²) in [5.74, 6) is 0.747. The molecule has 0 radical (unpaired) electrons. The van der Waals surface area contributed by atoms with Crippen LogP contribution in [0.2, 0.25) is 5.02 Å². The molecule has 1 fully saturated rings. The molecule has 0 saturated carbocycles. The second kappa shape index (κ2) is 14.7. The quantitative estimate of drug-likeness (QED) is 0.169. The molecular weight excluding hydrogens is 537 g/mol. The number of hydrogen-bond donors (Lipinski definition) is 5. The SMILES string of the molecule is COP(=O)(NCCCCCOc1ccc(Cc2cc([C@@H]3O[C@H](CO)[C@@H](O)[C@H](O)[C@H]3O)ccc2Cl)cc1)OC. The van der Waals surface area contributed by atoms with Crippen molar-refractivity contribution < 1.29 is 43.5 Å². The van der Waals surface area contributed by atoms with E-state index in [0.29, 0.717) is 30.2 Å². The van der Waals surface area contributed by atoms with Crippen LogP contribution in [0.1, 0.15) is 42.1 Å². The standard InChI is InChI=1S/C26H37ClNO9P/c1-34-38(33,35-2)28-12-4-3-5-13-36-20-9-6-17(7-10-20)14-19-15-18(8-11-21(19)27)26-25(32)24(31)23(30)22(16-29)37-26/h6-11,15,22-26,29-32H,3-5,12-14,16H2,1-2H3,(H,28,33)/t22-,23-,24+,25-,26+/m1/s1. The molecule has 1 heterocycles. The molecule has 1 aliphatic heterocycles. The van der Waals surface area contributed by atoms with Gasteiger partial charge < -0.3 is 38.9 Å². The summed E-state index contributed by atoms with van der Waals surface area (Å²) < 4.78 is 33.1. The van der Waals surface area contributed by atoms with Crippen LogP contribution in [-0.2, 0) is 24.8 Å². The normalized spacial score (nSPS) is 23.9. The van der Waals surface area contributed by atoms with Crippen LogP contribution in [0, 0.1) is 0 Å². The van der Waals surface area contributed by atoms with Crippen molar-refractivity contribution in [1.29, 1.82) is 0 Å². The molecule has 2 aromatic carbocycles. The molecule has 0 spiro atoms. The summed E-state index contributed by atoms with van der Waals surface area (Å²) in [5, 5.41) is 43.4. The molecule has 10 nitrogen and oxygen atoms in total. The highest BCUT2D eigenvalue weighted by molar-refractivity contribution is 7.51. The third kappa shape index (κ3) is 8.22. The maximum atomic E-state index is 11.9. The van der Waals surface area contributed by atoms with E-state index in [1.807, 2.05) is 24.3 Å². The molecule has 5 N–H and O–H groups in total. The van der Waals surface area contributed by atoms with Crippen molar-refractivity contribution in [3.8, 4) is 5.75 Å². The van der Waals surface area contributed by atoms with Crippen molar-refractivity contribution in [2.75, 3.05) is 34.0 Å². The van der Waals surface area contributed by atoms with Gasteiger partial charge in [-0.3, -0.25) is 0 Å².